The first-order valence-corrected chi connectivity index (χ1v) is 8.25. The molecule has 0 atom stereocenters. The third-order valence-corrected chi connectivity index (χ3v) is 4.54. The average molecular weight is 284 g/mol. The quantitative estimate of drug-likeness (QED) is 0.757. The lowest BCUT2D eigenvalue weighted by Gasteiger charge is -2.34. The summed E-state index contributed by atoms with van der Waals surface area (Å²) in [4.78, 5) is 9.83. The second-order valence-corrected chi connectivity index (χ2v) is 6.87. The van der Waals surface area contributed by atoms with Gasteiger partial charge in [-0.3, -0.25) is 9.80 Å². The number of hydrogen-bond donors (Lipinski definition) is 0. The van der Waals surface area contributed by atoms with Gasteiger partial charge in [-0.2, -0.15) is 0 Å². The van der Waals surface area contributed by atoms with Gasteiger partial charge in [0.05, 0.1) is 0 Å². The van der Waals surface area contributed by atoms with Gasteiger partial charge in [-0.05, 0) is 41.8 Å². The third kappa shape index (κ3) is 6.53. The van der Waals surface area contributed by atoms with Crippen LogP contribution in [-0.4, -0.2) is 98.1 Å². The zero-order valence-electron chi connectivity index (χ0n) is 14.6. The van der Waals surface area contributed by atoms with E-state index < -0.39 is 0 Å². The highest BCUT2D eigenvalue weighted by Gasteiger charge is 2.15. The molecule has 0 amide bonds. The molecule has 2 aliphatic rings. The van der Waals surface area contributed by atoms with Crippen LogP contribution in [0.2, 0.25) is 0 Å². The molecule has 20 heavy (non-hydrogen) atoms. The van der Waals surface area contributed by atoms with Gasteiger partial charge in [-0.25, -0.2) is 0 Å². The Morgan fingerprint density at radius 2 is 0.750 bits per heavy atom. The highest BCUT2D eigenvalue weighted by Crippen LogP contribution is 2.03. The predicted molar refractivity (Wildman–Crippen MR) is 88.4 cm³/mol. The minimum Gasteiger partial charge on any atom is -0.304 e. The summed E-state index contributed by atoms with van der Waals surface area (Å²) in [5, 5.41) is 0. The van der Waals surface area contributed by atoms with Crippen molar-refractivity contribution in [1.82, 2.24) is 19.6 Å². The fourth-order valence-corrected chi connectivity index (χ4v) is 2.68. The van der Waals surface area contributed by atoms with E-state index in [1.165, 1.54) is 52.4 Å². The van der Waals surface area contributed by atoms with E-state index in [0.29, 0.717) is 0 Å². The largest absolute Gasteiger partial charge is 0.304 e. The van der Waals surface area contributed by atoms with E-state index in [4.69, 9.17) is 0 Å². The number of piperazine rings is 2. The molecule has 0 aromatic heterocycles. The first kappa shape index (κ1) is 17.9. The SMILES string of the molecule is CC(C)N1CCN(C)CC1.CC(C)N1CCN(C)CC1. The summed E-state index contributed by atoms with van der Waals surface area (Å²) in [5.41, 5.74) is 0. The van der Waals surface area contributed by atoms with Gasteiger partial charge in [0.15, 0.2) is 0 Å². The van der Waals surface area contributed by atoms with Gasteiger partial charge in [0, 0.05) is 64.4 Å². The van der Waals surface area contributed by atoms with Gasteiger partial charge in [0.25, 0.3) is 0 Å². The van der Waals surface area contributed by atoms with Crippen molar-refractivity contribution in [3.8, 4) is 0 Å². The summed E-state index contributed by atoms with van der Waals surface area (Å²) < 4.78 is 0. The molecule has 0 aliphatic carbocycles. The van der Waals surface area contributed by atoms with Gasteiger partial charge < -0.3 is 9.80 Å². The molecule has 2 rings (SSSR count). The van der Waals surface area contributed by atoms with Crippen molar-refractivity contribution in [2.24, 2.45) is 0 Å². The standard InChI is InChI=1S/2C8H18N2/c2*1-8(2)10-6-4-9(3)5-7-10/h2*8H,4-7H2,1-3H3. The van der Waals surface area contributed by atoms with Crippen LogP contribution in [0.25, 0.3) is 0 Å². The Morgan fingerprint density at radius 3 is 0.950 bits per heavy atom. The molecule has 0 radical (unpaired) electrons. The monoisotopic (exact) mass is 284 g/mol. The molecule has 4 nitrogen and oxygen atoms in total. The summed E-state index contributed by atoms with van der Waals surface area (Å²) in [6.45, 7) is 19.0. The fourth-order valence-electron chi connectivity index (χ4n) is 2.68. The molecule has 0 bridgehead atoms. The molecule has 120 valence electrons. The topological polar surface area (TPSA) is 13.0 Å². The summed E-state index contributed by atoms with van der Waals surface area (Å²) >= 11 is 0. The maximum absolute atomic E-state index is 2.53. The normalized spacial score (nSPS) is 24.0. The lowest BCUT2D eigenvalue weighted by molar-refractivity contribution is 0.126. The van der Waals surface area contributed by atoms with Crippen LogP contribution in [0.1, 0.15) is 27.7 Å². The zero-order chi connectivity index (χ0) is 15.1. The predicted octanol–water partition coefficient (Wildman–Crippen LogP) is 1.28. The molecule has 0 aromatic rings. The van der Waals surface area contributed by atoms with Crippen LogP contribution in [0.5, 0.6) is 0 Å². The summed E-state index contributed by atoms with van der Waals surface area (Å²) in [7, 11) is 4.38. The lowest BCUT2D eigenvalue weighted by Crippen LogP contribution is -2.47. The summed E-state index contributed by atoms with van der Waals surface area (Å²) in [6, 6.07) is 1.46. The van der Waals surface area contributed by atoms with E-state index >= 15 is 0 Å². The van der Waals surface area contributed by atoms with Crippen LogP contribution >= 0.6 is 0 Å². The molecule has 4 heteroatoms. The van der Waals surface area contributed by atoms with Gasteiger partial charge in [-0.15, -0.1) is 0 Å². The average Bonchev–Trinajstić information content (AvgIpc) is 2.40. The van der Waals surface area contributed by atoms with Crippen LogP contribution in [0.4, 0.5) is 0 Å². The van der Waals surface area contributed by atoms with Crippen LogP contribution in [0, 0.1) is 0 Å². The molecule has 0 aromatic carbocycles. The van der Waals surface area contributed by atoms with Crippen LogP contribution < -0.4 is 0 Å². The van der Waals surface area contributed by atoms with E-state index in [1.54, 1.807) is 0 Å². The Bertz CT molecular complexity index is 213. The smallest absolute Gasteiger partial charge is 0.0112 e. The van der Waals surface area contributed by atoms with E-state index in [-0.39, 0.29) is 0 Å². The lowest BCUT2D eigenvalue weighted by atomic mass is 10.2. The first-order chi connectivity index (χ1) is 9.40. The van der Waals surface area contributed by atoms with Crippen molar-refractivity contribution >= 4 is 0 Å². The summed E-state index contributed by atoms with van der Waals surface area (Å²) in [5.74, 6) is 0. The minimum absolute atomic E-state index is 0.730. The third-order valence-electron chi connectivity index (χ3n) is 4.54. The zero-order valence-corrected chi connectivity index (χ0v) is 14.6. The Morgan fingerprint density at radius 1 is 0.500 bits per heavy atom. The van der Waals surface area contributed by atoms with Crippen molar-refractivity contribution in [3.05, 3.63) is 0 Å². The Balaban J connectivity index is 0.000000200. The van der Waals surface area contributed by atoms with Crippen molar-refractivity contribution in [1.29, 1.82) is 0 Å². The maximum atomic E-state index is 2.53. The van der Waals surface area contributed by atoms with Gasteiger partial charge >= 0.3 is 0 Å². The van der Waals surface area contributed by atoms with Crippen LogP contribution in [0.3, 0.4) is 0 Å². The molecular weight excluding hydrogens is 248 g/mol. The van der Waals surface area contributed by atoms with Gasteiger partial charge in [0.1, 0.15) is 0 Å². The number of nitrogens with zero attached hydrogens (tertiary/aromatic N) is 4. The maximum Gasteiger partial charge on any atom is 0.0112 e. The molecule has 2 heterocycles. The van der Waals surface area contributed by atoms with Crippen molar-refractivity contribution < 1.29 is 0 Å². The Kier molecular flexibility index (Phi) is 8.03. The van der Waals surface area contributed by atoms with Crippen molar-refractivity contribution in [2.75, 3.05) is 66.5 Å². The number of hydrogen-bond acceptors (Lipinski definition) is 4. The highest BCUT2D eigenvalue weighted by molar-refractivity contribution is 4.72. The number of rotatable bonds is 2. The van der Waals surface area contributed by atoms with Gasteiger partial charge in [0.2, 0.25) is 0 Å². The van der Waals surface area contributed by atoms with Crippen LogP contribution in [-0.2, 0) is 0 Å². The molecule has 2 saturated heterocycles. The molecule has 0 spiro atoms. The van der Waals surface area contributed by atoms with E-state index in [9.17, 15) is 0 Å². The molecule has 2 aliphatic heterocycles. The first-order valence-electron chi connectivity index (χ1n) is 8.25. The minimum atomic E-state index is 0.730. The van der Waals surface area contributed by atoms with E-state index in [2.05, 4.69) is 61.4 Å². The Labute approximate surface area is 126 Å². The van der Waals surface area contributed by atoms with Crippen LogP contribution in [0.15, 0.2) is 0 Å². The second kappa shape index (κ2) is 8.98. The van der Waals surface area contributed by atoms with E-state index in [1.807, 2.05) is 0 Å². The van der Waals surface area contributed by atoms with Crippen molar-refractivity contribution in [3.63, 3.8) is 0 Å². The Hall–Kier alpha value is -0.160. The molecular formula is C16H36N4. The van der Waals surface area contributed by atoms with Crippen molar-refractivity contribution in [2.45, 2.75) is 39.8 Å². The molecule has 0 unspecified atom stereocenters. The second-order valence-electron chi connectivity index (χ2n) is 6.87. The number of likely N-dealkylation sites (N-methyl/N-ethyl adjacent to an activating group) is 2. The summed E-state index contributed by atoms with van der Waals surface area (Å²) in [6.07, 6.45) is 0. The molecule has 0 N–H and O–H groups in total. The molecule has 2 fully saturated rings. The van der Waals surface area contributed by atoms with E-state index in [0.717, 1.165) is 12.1 Å². The van der Waals surface area contributed by atoms with Gasteiger partial charge in [-0.1, -0.05) is 0 Å². The highest BCUT2D eigenvalue weighted by atomic mass is 15.3. The fraction of sp³-hybridized carbons (Fsp3) is 1.00. The molecule has 0 saturated carbocycles.